The van der Waals surface area contributed by atoms with Gasteiger partial charge < -0.3 is 20.1 Å². The number of aromatic amines is 1. The normalized spacial score (nSPS) is 16.1. The molecule has 0 fully saturated rings. The Bertz CT molecular complexity index is 924. The maximum Gasteiger partial charge on any atom is 0.352 e. The number of nitrogens with zero attached hydrogens (tertiary/aromatic N) is 2. The van der Waals surface area contributed by atoms with Gasteiger partial charge in [0.25, 0.3) is 0 Å². The predicted octanol–water partition coefficient (Wildman–Crippen LogP) is 2.86. The zero-order valence-corrected chi connectivity index (χ0v) is 12.5. The molecule has 0 spiro atoms. The Labute approximate surface area is 135 Å². The van der Waals surface area contributed by atoms with Crippen molar-refractivity contribution >= 4 is 34.4 Å². The molecule has 2 aromatic heterocycles. The number of anilines is 1. The first kappa shape index (κ1) is 13.8. The van der Waals surface area contributed by atoms with Crippen molar-refractivity contribution in [1.82, 2.24) is 15.0 Å². The molecule has 23 heavy (non-hydrogen) atoms. The lowest BCUT2D eigenvalue weighted by molar-refractivity contribution is 0.0691. The van der Waals surface area contributed by atoms with Crippen molar-refractivity contribution in [3.8, 4) is 5.75 Å². The summed E-state index contributed by atoms with van der Waals surface area (Å²) in [6.07, 6.45) is 1.38. The molecule has 0 radical (unpaired) electrons. The number of aromatic carboxylic acids is 1. The molecular weight excluding hydrogens is 320 g/mol. The Hall–Kier alpha value is -2.80. The lowest BCUT2D eigenvalue weighted by Crippen LogP contribution is -2.13. The van der Waals surface area contributed by atoms with Crippen molar-refractivity contribution in [2.45, 2.75) is 6.04 Å². The van der Waals surface area contributed by atoms with Gasteiger partial charge in [0.05, 0.1) is 11.4 Å². The molecule has 1 unspecified atom stereocenters. The summed E-state index contributed by atoms with van der Waals surface area (Å²) in [5.74, 6) is 0.244. The van der Waals surface area contributed by atoms with Crippen LogP contribution in [0.1, 0.15) is 22.1 Å². The van der Waals surface area contributed by atoms with Crippen LogP contribution in [0.3, 0.4) is 0 Å². The van der Waals surface area contributed by atoms with Crippen LogP contribution in [0.5, 0.6) is 5.75 Å². The van der Waals surface area contributed by atoms with Crippen LogP contribution in [0.2, 0.25) is 5.02 Å². The Morgan fingerprint density at radius 3 is 3.09 bits per heavy atom. The average Bonchev–Trinajstić information content (AvgIpc) is 3.12. The largest absolute Gasteiger partial charge is 0.491 e. The van der Waals surface area contributed by atoms with Crippen LogP contribution in [0.15, 0.2) is 30.6 Å². The van der Waals surface area contributed by atoms with Crippen LogP contribution in [0, 0.1) is 0 Å². The van der Waals surface area contributed by atoms with Gasteiger partial charge in [-0.05, 0) is 18.2 Å². The number of hydrogen-bond donors (Lipinski definition) is 3. The molecule has 1 aliphatic rings. The highest BCUT2D eigenvalue weighted by Gasteiger charge is 2.25. The summed E-state index contributed by atoms with van der Waals surface area (Å²) >= 11 is 5.96. The first-order valence-electron chi connectivity index (χ1n) is 6.87. The lowest BCUT2D eigenvalue weighted by atomic mass is 10.1. The summed E-state index contributed by atoms with van der Waals surface area (Å²) in [5, 5.41) is 13.6. The van der Waals surface area contributed by atoms with Gasteiger partial charge in [0.1, 0.15) is 35.8 Å². The van der Waals surface area contributed by atoms with E-state index in [2.05, 4.69) is 20.3 Å². The second-order valence-corrected chi connectivity index (χ2v) is 5.60. The smallest absolute Gasteiger partial charge is 0.352 e. The van der Waals surface area contributed by atoms with Gasteiger partial charge in [0.15, 0.2) is 0 Å². The van der Waals surface area contributed by atoms with Gasteiger partial charge in [0, 0.05) is 10.6 Å². The highest BCUT2D eigenvalue weighted by Crippen LogP contribution is 2.36. The number of ether oxygens (including phenoxy) is 1. The van der Waals surface area contributed by atoms with E-state index in [0.29, 0.717) is 28.5 Å². The lowest BCUT2D eigenvalue weighted by Gasteiger charge is -2.12. The number of fused-ring (bicyclic) bond motifs is 2. The van der Waals surface area contributed by atoms with Crippen molar-refractivity contribution < 1.29 is 14.6 Å². The summed E-state index contributed by atoms with van der Waals surface area (Å²) < 4.78 is 5.63. The molecule has 1 atom stereocenters. The Morgan fingerprint density at radius 1 is 1.39 bits per heavy atom. The van der Waals surface area contributed by atoms with Gasteiger partial charge in [-0.25, -0.2) is 14.8 Å². The van der Waals surface area contributed by atoms with Gasteiger partial charge in [-0.2, -0.15) is 0 Å². The number of aromatic nitrogens is 3. The van der Waals surface area contributed by atoms with E-state index in [0.717, 1.165) is 11.3 Å². The maximum atomic E-state index is 11.1. The molecule has 1 aliphatic heterocycles. The second kappa shape index (κ2) is 5.13. The highest BCUT2D eigenvalue weighted by atomic mass is 35.5. The fourth-order valence-electron chi connectivity index (χ4n) is 2.64. The van der Waals surface area contributed by atoms with E-state index in [4.69, 9.17) is 21.4 Å². The number of H-pyrrole nitrogens is 1. The van der Waals surface area contributed by atoms with Crippen molar-refractivity contribution in [1.29, 1.82) is 0 Å². The number of hydrogen-bond acceptors (Lipinski definition) is 5. The number of rotatable bonds is 3. The van der Waals surface area contributed by atoms with Crippen LogP contribution in [-0.4, -0.2) is 32.6 Å². The Kier molecular flexibility index (Phi) is 3.09. The molecular formula is C15H11ClN4O3. The third-order valence-corrected chi connectivity index (χ3v) is 3.96. The zero-order valence-electron chi connectivity index (χ0n) is 11.7. The van der Waals surface area contributed by atoms with E-state index < -0.39 is 5.97 Å². The van der Waals surface area contributed by atoms with Crippen LogP contribution in [0.4, 0.5) is 5.82 Å². The van der Waals surface area contributed by atoms with E-state index in [1.54, 1.807) is 12.1 Å². The Balaban J connectivity index is 1.70. The third kappa shape index (κ3) is 2.35. The van der Waals surface area contributed by atoms with Gasteiger partial charge in [-0.3, -0.25) is 0 Å². The number of nitrogens with one attached hydrogen (secondary N) is 2. The number of benzene rings is 1. The van der Waals surface area contributed by atoms with Gasteiger partial charge >= 0.3 is 5.97 Å². The first-order valence-corrected chi connectivity index (χ1v) is 7.25. The van der Waals surface area contributed by atoms with E-state index in [9.17, 15) is 4.79 Å². The monoisotopic (exact) mass is 330 g/mol. The molecule has 0 saturated heterocycles. The fourth-order valence-corrected chi connectivity index (χ4v) is 2.80. The number of carbonyl (C=O) groups is 1. The average molecular weight is 331 g/mol. The SMILES string of the molecule is O=C(O)c1cc2c(NC3COc4cc(Cl)ccc43)ncnc2[nH]1. The van der Waals surface area contributed by atoms with Crippen molar-refractivity contribution in [2.75, 3.05) is 11.9 Å². The van der Waals surface area contributed by atoms with Crippen molar-refractivity contribution in [3.63, 3.8) is 0 Å². The molecule has 4 rings (SSSR count). The minimum atomic E-state index is -1.04. The van der Waals surface area contributed by atoms with Crippen LogP contribution in [0.25, 0.3) is 11.0 Å². The maximum absolute atomic E-state index is 11.1. The quantitative estimate of drug-likeness (QED) is 0.682. The molecule has 1 aromatic carbocycles. The highest BCUT2D eigenvalue weighted by molar-refractivity contribution is 6.30. The number of halogens is 1. The Morgan fingerprint density at radius 2 is 2.26 bits per heavy atom. The fraction of sp³-hybridized carbons (Fsp3) is 0.133. The minimum Gasteiger partial charge on any atom is -0.491 e. The zero-order chi connectivity index (χ0) is 16.0. The van der Waals surface area contributed by atoms with Crippen LogP contribution >= 0.6 is 11.6 Å². The van der Waals surface area contributed by atoms with Gasteiger partial charge in [0.2, 0.25) is 0 Å². The molecule has 7 nitrogen and oxygen atoms in total. The molecule has 3 aromatic rings. The molecule has 0 saturated carbocycles. The minimum absolute atomic E-state index is 0.0680. The molecule has 0 aliphatic carbocycles. The van der Waals surface area contributed by atoms with Gasteiger partial charge in [-0.1, -0.05) is 17.7 Å². The van der Waals surface area contributed by atoms with E-state index in [1.807, 2.05) is 6.07 Å². The number of carboxylic acids is 1. The predicted molar refractivity (Wildman–Crippen MR) is 84.2 cm³/mol. The molecule has 8 heteroatoms. The first-order chi connectivity index (χ1) is 11.1. The summed E-state index contributed by atoms with van der Waals surface area (Å²) in [5.41, 5.74) is 1.52. The summed E-state index contributed by atoms with van der Waals surface area (Å²) in [7, 11) is 0. The molecule has 116 valence electrons. The summed E-state index contributed by atoms with van der Waals surface area (Å²) in [4.78, 5) is 22.1. The van der Waals surface area contributed by atoms with Crippen molar-refractivity contribution in [3.05, 3.63) is 46.9 Å². The van der Waals surface area contributed by atoms with Crippen LogP contribution in [-0.2, 0) is 0 Å². The molecule has 0 amide bonds. The van der Waals surface area contributed by atoms with E-state index in [-0.39, 0.29) is 11.7 Å². The number of carboxylic acid groups (broad SMARTS) is 1. The topological polar surface area (TPSA) is 100 Å². The third-order valence-electron chi connectivity index (χ3n) is 3.72. The molecule has 3 N–H and O–H groups in total. The standard InChI is InChI=1S/C15H11ClN4O3/c16-7-1-2-8-11(5-23-12(8)3-7)20-14-9-4-10(15(21)22)19-13(9)17-6-18-14/h1-4,6,11H,5H2,(H,21,22)(H2,17,18,19,20). The van der Waals surface area contributed by atoms with E-state index in [1.165, 1.54) is 12.4 Å². The molecule has 0 bridgehead atoms. The summed E-state index contributed by atoms with van der Waals surface area (Å²) in [6, 6.07) is 6.90. The van der Waals surface area contributed by atoms with Gasteiger partial charge in [-0.15, -0.1) is 0 Å². The van der Waals surface area contributed by atoms with Crippen LogP contribution < -0.4 is 10.1 Å². The summed E-state index contributed by atoms with van der Waals surface area (Å²) in [6.45, 7) is 0.442. The van der Waals surface area contributed by atoms with Crippen molar-refractivity contribution in [2.24, 2.45) is 0 Å². The second-order valence-electron chi connectivity index (χ2n) is 5.16. The molecule has 3 heterocycles. The van der Waals surface area contributed by atoms with E-state index >= 15 is 0 Å².